The highest BCUT2D eigenvalue weighted by Crippen LogP contribution is 2.41. The number of nitrogens with zero attached hydrogens (tertiary/aromatic N) is 2. The lowest BCUT2D eigenvalue weighted by molar-refractivity contribution is -0.763. The van der Waals surface area contributed by atoms with Gasteiger partial charge in [-0.3, -0.25) is 0 Å². The van der Waals surface area contributed by atoms with E-state index in [1.54, 1.807) is 0 Å². The van der Waals surface area contributed by atoms with E-state index in [4.69, 9.17) is 5.14 Å². The van der Waals surface area contributed by atoms with E-state index in [-0.39, 0.29) is 28.8 Å². The fourth-order valence-corrected chi connectivity index (χ4v) is 5.44. The normalized spacial score (nSPS) is 16.9. The maximum absolute atomic E-state index is 13.5. The lowest BCUT2D eigenvalue weighted by atomic mass is 10.0. The van der Waals surface area contributed by atoms with Crippen LogP contribution in [-0.4, -0.2) is 27.0 Å². The van der Waals surface area contributed by atoms with Gasteiger partial charge in [-0.15, -0.1) is 20.2 Å². The molecule has 1 aliphatic rings. The minimum atomic E-state index is -5.23. The number of nitrogens with one attached hydrogen (secondary N) is 2. The molecule has 0 aliphatic carbocycles. The molecule has 0 bridgehead atoms. The summed E-state index contributed by atoms with van der Waals surface area (Å²) in [5, 5.41) is 26.1. The Balaban J connectivity index is 2.12. The molecule has 15 nitrogen and oxygen atoms in total. The van der Waals surface area contributed by atoms with Gasteiger partial charge in [-0.2, -0.15) is 17.9 Å². The maximum Gasteiger partial charge on any atom is 0.417 e. The molecule has 0 fully saturated rings. The van der Waals surface area contributed by atoms with Gasteiger partial charge in [0.1, 0.15) is 24.3 Å². The second-order valence-electron chi connectivity index (χ2n) is 7.16. The first-order valence-corrected chi connectivity index (χ1v) is 12.2. The summed E-state index contributed by atoms with van der Waals surface area (Å²) in [6.07, 6.45) is -6.72. The van der Waals surface area contributed by atoms with Crippen LogP contribution in [-0.2, 0) is 49.1 Å². The molecule has 20 heteroatoms. The summed E-state index contributed by atoms with van der Waals surface area (Å²) in [4.78, 5) is 27.2. The molecule has 4 N–H and O–H groups in total. The van der Waals surface area contributed by atoms with E-state index in [0.717, 1.165) is 0 Å². The Morgan fingerprint density at radius 2 is 1.53 bits per heavy atom. The number of halogens is 3. The molecule has 0 radical (unpaired) electrons. The van der Waals surface area contributed by atoms with Crippen LogP contribution in [0.2, 0.25) is 0 Å². The Morgan fingerprint density at radius 1 is 1.00 bits per heavy atom. The van der Waals surface area contributed by atoms with Crippen LogP contribution in [0.25, 0.3) is 0 Å². The standard InChI is InChI=1S/C16H14F3N5O10S2/c17-16(18,19)11-4-12-14(5-13(11)35(20,29)30)36(31,32)22-15(21-12)10-2-8(6-33-23(25)26)1-9(3-10)7-34-24(27)28/h1-5,15,21-22H,6-7H2,(H2,20,29,30). The van der Waals surface area contributed by atoms with Crippen molar-refractivity contribution in [2.45, 2.75) is 35.3 Å². The first kappa shape index (κ1) is 26.8. The quantitative estimate of drug-likeness (QED) is 0.308. The molecule has 2 aromatic carbocycles. The van der Waals surface area contributed by atoms with Crippen molar-refractivity contribution >= 4 is 25.7 Å². The van der Waals surface area contributed by atoms with Crippen molar-refractivity contribution in [3.05, 3.63) is 72.8 Å². The van der Waals surface area contributed by atoms with Crippen molar-refractivity contribution in [3.63, 3.8) is 0 Å². The van der Waals surface area contributed by atoms with Gasteiger partial charge in [0, 0.05) is 0 Å². The van der Waals surface area contributed by atoms with Crippen molar-refractivity contribution < 1.29 is 49.9 Å². The van der Waals surface area contributed by atoms with Crippen LogP contribution in [0.5, 0.6) is 0 Å². The predicted octanol–water partition coefficient (Wildman–Crippen LogP) is 1.17. The molecule has 1 atom stereocenters. The van der Waals surface area contributed by atoms with Gasteiger partial charge < -0.3 is 15.0 Å². The fourth-order valence-electron chi connectivity index (χ4n) is 3.29. The summed E-state index contributed by atoms with van der Waals surface area (Å²) in [6.45, 7) is -1.31. The van der Waals surface area contributed by atoms with Gasteiger partial charge in [0.25, 0.3) is 10.2 Å². The van der Waals surface area contributed by atoms with E-state index in [0.29, 0.717) is 0 Å². The zero-order valence-electron chi connectivity index (χ0n) is 17.4. The number of rotatable bonds is 8. The van der Waals surface area contributed by atoms with E-state index in [2.05, 4.69) is 19.7 Å². The van der Waals surface area contributed by atoms with E-state index >= 15 is 0 Å². The Morgan fingerprint density at radius 3 is 1.97 bits per heavy atom. The number of anilines is 1. The van der Waals surface area contributed by atoms with Gasteiger partial charge in [-0.1, -0.05) is 18.2 Å². The second-order valence-corrected chi connectivity index (χ2v) is 10.4. The monoisotopic (exact) mass is 557 g/mol. The summed E-state index contributed by atoms with van der Waals surface area (Å²) < 4.78 is 91.6. The number of hydrogen-bond acceptors (Lipinski definition) is 11. The van der Waals surface area contributed by atoms with Crippen LogP contribution in [0.3, 0.4) is 0 Å². The van der Waals surface area contributed by atoms with Crippen LogP contribution in [0.15, 0.2) is 40.1 Å². The molecule has 0 amide bonds. The number of alkyl halides is 3. The number of benzene rings is 2. The first-order chi connectivity index (χ1) is 16.5. The van der Waals surface area contributed by atoms with Gasteiger partial charge in [-0.25, -0.2) is 22.0 Å². The number of hydrogen-bond donors (Lipinski definition) is 3. The summed E-state index contributed by atoms with van der Waals surface area (Å²) in [6, 6.07) is 4.12. The third kappa shape index (κ3) is 6.08. The molecule has 36 heavy (non-hydrogen) atoms. The number of nitrogens with two attached hydrogens (primary N) is 1. The highest BCUT2D eigenvalue weighted by molar-refractivity contribution is 7.90. The second kappa shape index (κ2) is 9.37. The summed E-state index contributed by atoms with van der Waals surface area (Å²) in [7, 11) is -9.62. The van der Waals surface area contributed by atoms with Crippen LogP contribution >= 0.6 is 0 Å². The van der Waals surface area contributed by atoms with E-state index in [1.807, 2.05) is 0 Å². The van der Waals surface area contributed by atoms with Crippen LogP contribution in [0.4, 0.5) is 18.9 Å². The average Bonchev–Trinajstić information content (AvgIpc) is 2.73. The largest absolute Gasteiger partial charge is 0.417 e. The Labute approximate surface area is 199 Å². The minimum absolute atomic E-state index is 0.0403. The van der Waals surface area contributed by atoms with Gasteiger partial charge in [-0.05, 0) is 28.8 Å². The highest BCUT2D eigenvalue weighted by atomic mass is 32.2. The van der Waals surface area contributed by atoms with Gasteiger partial charge in [0.05, 0.1) is 16.1 Å². The molecule has 0 saturated carbocycles. The minimum Gasteiger partial charge on any atom is -0.364 e. The SMILES string of the molecule is NS(=O)(=O)c1cc2c(cc1C(F)(F)F)NC(c1cc(CO[N+](=O)[O-])cc(CO[N+](=O)[O-])c1)NS2(=O)=O. The van der Waals surface area contributed by atoms with E-state index in [9.17, 15) is 50.2 Å². The molecule has 1 unspecified atom stereocenters. The van der Waals surface area contributed by atoms with Crippen LogP contribution in [0, 0.1) is 20.2 Å². The zero-order chi connectivity index (χ0) is 27.1. The molecule has 3 rings (SSSR count). The summed E-state index contributed by atoms with van der Waals surface area (Å²) in [5.41, 5.74) is -2.31. The van der Waals surface area contributed by atoms with Gasteiger partial charge in [0.15, 0.2) is 0 Å². The Hall–Kier alpha value is -3.75. The Bertz CT molecular complexity index is 1410. The molecule has 0 spiro atoms. The van der Waals surface area contributed by atoms with Crippen molar-refractivity contribution in [2.75, 3.05) is 5.32 Å². The topological polar surface area (TPSA) is 223 Å². The third-order valence-electron chi connectivity index (χ3n) is 4.64. The summed E-state index contributed by atoms with van der Waals surface area (Å²) >= 11 is 0. The maximum atomic E-state index is 13.5. The van der Waals surface area contributed by atoms with Crippen molar-refractivity contribution in [1.29, 1.82) is 0 Å². The number of primary sulfonamides is 1. The van der Waals surface area contributed by atoms with E-state index in [1.165, 1.54) is 18.2 Å². The molecule has 1 heterocycles. The lowest BCUT2D eigenvalue weighted by Gasteiger charge is -2.30. The smallest absolute Gasteiger partial charge is 0.364 e. The summed E-state index contributed by atoms with van der Waals surface area (Å²) in [5.74, 6) is 0. The van der Waals surface area contributed by atoms with Gasteiger partial charge in [0.2, 0.25) is 20.0 Å². The van der Waals surface area contributed by atoms with Crippen LogP contribution in [0.1, 0.15) is 28.4 Å². The average molecular weight is 557 g/mol. The number of fused-ring (bicyclic) bond motifs is 1. The van der Waals surface area contributed by atoms with Crippen molar-refractivity contribution in [1.82, 2.24) is 4.72 Å². The Kier molecular flexibility index (Phi) is 6.99. The first-order valence-electron chi connectivity index (χ1n) is 9.21. The highest BCUT2D eigenvalue weighted by Gasteiger charge is 2.40. The molecule has 0 saturated heterocycles. The fraction of sp³-hybridized carbons (Fsp3) is 0.250. The van der Waals surface area contributed by atoms with Crippen molar-refractivity contribution in [3.8, 4) is 0 Å². The molecule has 2 aromatic rings. The lowest BCUT2D eigenvalue weighted by Crippen LogP contribution is -2.39. The number of sulfonamides is 2. The van der Waals surface area contributed by atoms with Crippen molar-refractivity contribution in [2.24, 2.45) is 5.14 Å². The van der Waals surface area contributed by atoms with Crippen LogP contribution < -0.4 is 15.2 Å². The third-order valence-corrected chi connectivity index (χ3v) is 7.05. The molecule has 196 valence electrons. The molecule has 1 aliphatic heterocycles. The van der Waals surface area contributed by atoms with E-state index < -0.39 is 76.8 Å². The molecular formula is C16H14F3N5O10S2. The predicted molar refractivity (Wildman–Crippen MR) is 110 cm³/mol. The zero-order valence-corrected chi connectivity index (χ0v) is 19.0. The molecule has 0 aromatic heterocycles. The van der Waals surface area contributed by atoms with Gasteiger partial charge >= 0.3 is 6.18 Å². The molecular weight excluding hydrogens is 543 g/mol.